The quantitative estimate of drug-likeness (QED) is 0.931. The van der Waals surface area contributed by atoms with Gasteiger partial charge in [0.05, 0.1) is 18.5 Å². The van der Waals surface area contributed by atoms with Crippen molar-refractivity contribution in [3.8, 4) is 5.75 Å². The van der Waals surface area contributed by atoms with Gasteiger partial charge in [0, 0.05) is 4.47 Å². The average Bonchev–Trinajstić information content (AvgIpc) is 2.34. The molecule has 3 nitrogen and oxygen atoms in total. The zero-order valence-corrected chi connectivity index (χ0v) is 11.3. The van der Waals surface area contributed by atoms with Crippen LogP contribution in [0.15, 0.2) is 40.9 Å². The maximum Gasteiger partial charge on any atom is 0.142 e. The van der Waals surface area contributed by atoms with Gasteiger partial charge in [-0.1, -0.05) is 12.1 Å². The van der Waals surface area contributed by atoms with Crippen LogP contribution in [0.4, 0.5) is 11.5 Å². The maximum atomic E-state index is 5.27. The van der Waals surface area contributed by atoms with Gasteiger partial charge in [0.15, 0.2) is 0 Å². The van der Waals surface area contributed by atoms with Crippen LogP contribution >= 0.6 is 15.9 Å². The highest BCUT2D eigenvalue weighted by atomic mass is 79.9. The Morgan fingerprint density at radius 2 is 1.94 bits per heavy atom. The summed E-state index contributed by atoms with van der Waals surface area (Å²) in [5, 5.41) is 3.23. The molecule has 0 unspecified atom stereocenters. The number of para-hydroxylation sites is 2. The summed E-state index contributed by atoms with van der Waals surface area (Å²) in [5.41, 5.74) is 1.86. The molecule has 0 amide bonds. The number of aryl methyl sites for hydroxylation is 1. The second kappa shape index (κ2) is 5.19. The Kier molecular flexibility index (Phi) is 3.64. The van der Waals surface area contributed by atoms with E-state index >= 15 is 0 Å². The van der Waals surface area contributed by atoms with E-state index < -0.39 is 0 Å². The molecule has 0 fully saturated rings. The Bertz CT molecular complexity index is 529. The van der Waals surface area contributed by atoms with Crippen molar-refractivity contribution in [1.82, 2.24) is 4.98 Å². The van der Waals surface area contributed by atoms with Crippen molar-refractivity contribution in [3.63, 3.8) is 0 Å². The van der Waals surface area contributed by atoms with Gasteiger partial charge in [-0.15, -0.1) is 0 Å². The molecular formula is C13H13BrN2O. The molecule has 0 aliphatic carbocycles. The summed E-state index contributed by atoms with van der Waals surface area (Å²) >= 11 is 3.43. The minimum absolute atomic E-state index is 0.801. The van der Waals surface area contributed by atoms with E-state index in [-0.39, 0.29) is 0 Å². The van der Waals surface area contributed by atoms with Gasteiger partial charge in [-0.05, 0) is 47.1 Å². The number of pyridine rings is 1. The Morgan fingerprint density at radius 1 is 1.18 bits per heavy atom. The highest BCUT2D eigenvalue weighted by Crippen LogP contribution is 2.27. The molecule has 0 radical (unpaired) electrons. The summed E-state index contributed by atoms with van der Waals surface area (Å²) in [6.45, 7) is 1.96. The van der Waals surface area contributed by atoms with Crippen LogP contribution in [0.2, 0.25) is 0 Å². The minimum atomic E-state index is 0.801. The van der Waals surface area contributed by atoms with Gasteiger partial charge < -0.3 is 10.1 Å². The third-order valence-corrected chi connectivity index (χ3v) is 3.23. The SMILES string of the molecule is COc1ccccc1Nc1ccc(Br)c(C)n1. The third-order valence-electron chi connectivity index (χ3n) is 2.39. The first kappa shape index (κ1) is 11.9. The van der Waals surface area contributed by atoms with Crippen molar-refractivity contribution in [2.45, 2.75) is 6.92 Å². The van der Waals surface area contributed by atoms with Crippen molar-refractivity contribution < 1.29 is 4.74 Å². The molecule has 1 aromatic heterocycles. The van der Waals surface area contributed by atoms with Gasteiger partial charge >= 0.3 is 0 Å². The van der Waals surface area contributed by atoms with Crippen LogP contribution < -0.4 is 10.1 Å². The van der Waals surface area contributed by atoms with Crippen LogP contribution in [0.5, 0.6) is 5.75 Å². The molecule has 0 saturated heterocycles. The first-order chi connectivity index (χ1) is 8.20. The molecule has 4 heteroatoms. The number of methoxy groups -OCH3 is 1. The fraction of sp³-hybridized carbons (Fsp3) is 0.154. The van der Waals surface area contributed by atoms with Crippen LogP contribution in [-0.2, 0) is 0 Å². The average molecular weight is 293 g/mol. The summed E-state index contributed by atoms with van der Waals surface area (Å²) in [5.74, 6) is 1.60. The van der Waals surface area contributed by atoms with Gasteiger partial charge in [0.1, 0.15) is 11.6 Å². The number of benzene rings is 1. The molecule has 0 bridgehead atoms. The van der Waals surface area contributed by atoms with E-state index in [1.54, 1.807) is 7.11 Å². The van der Waals surface area contributed by atoms with Crippen molar-refractivity contribution >= 4 is 27.4 Å². The number of ether oxygens (including phenoxy) is 1. The van der Waals surface area contributed by atoms with Gasteiger partial charge in [-0.2, -0.15) is 0 Å². The summed E-state index contributed by atoms with van der Waals surface area (Å²) < 4.78 is 6.27. The van der Waals surface area contributed by atoms with Crippen LogP contribution in [0.1, 0.15) is 5.69 Å². The number of nitrogens with zero attached hydrogens (tertiary/aromatic N) is 1. The molecule has 0 saturated carbocycles. The number of anilines is 2. The monoisotopic (exact) mass is 292 g/mol. The summed E-state index contributed by atoms with van der Waals surface area (Å²) in [6.07, 6.45) is 0. The van der Waals surface area contributed by atoms with E-state index in [9.17, 15) is 0 Å². The van der Waals surface area contributed by atoms with E-state index in [1.165, 1.54) is 0 Å². The van der Waals surface area contributed by atoms with Gasteiger partial charge in [0.25, 0.3) is 0 Å². The van der Waals surface area contributed by atoms with E-state index in [2.05, 4.69) is 26.2 Å². The van der Waals surface area contributed by atoms with Crippen molar-refractivity contribution in [2.24, 2.45) is 0 Å². The molecule has 17 heavy (non-hydrogen) atoms. The number of hydrogen-bond donors (Lipinski definition) is 1. The van der Waals surface area contributed by atoms with Crippen LogP contribution in [-0.4, -0.2) is 12.1 Å². The van der Waals surface area contributed by atoms with Crippen molar-refractivity contribution in [2.75, 3.05) is 12.4 Å². The fourth-order valence-electron chi connectivity index (χ4n) is 1.50. The van der Waals surface area contributed by atoms with Gasteiger partial charge in [-0.25, -0.2) is 4.98 Å². The topological polar surface area (TPSA) is 34.1 Å². The molecule has 0 aliphatic rings. The highest BCUT2D eigenvalue weighted by Gasteiger charge is 2.03. The predicted octanol–water partition coefficient (Wildman–Crippen LogP) is 3.90. The number of hydrogen-bond acceptors (Lipinski definition) is 3. The Hall–Kier alpha value is -1.55. The van der Waals surface area contributed by atoms with Gasteiger partial charge in [-0.3, -0.25) is 0 Å². The predicted molar refractivity (Wildman–Crippen MR) is 73.0 cm³/mol. The van der Waals surface area contributed by atoms with Crippen LogP contribution in [0.25, 0.3) is 0 Å². The number of rotatable bonds is 3. The standard InChI is InChI=1S/C13H13BrN2O/c1-9-10(14)7-8-13(15-9)16-11-5-3-4-6-12(11)17-2/h3-8H,1-2H3,(H,15,16). The molecule has 1 aromatic carbocycles. The highest BCUT2D eigenvalue weighted by molar-refractivity contribution is 9.10. The molecule has 0 spiro atoms. The Morgan fingerprint density at radius 3 is 2.65 bits per heavy atom. The number of halogens is 1. The van der Waals surface area contributed by atoms with E-state index in [0.29, 0.717) is 0 Å². The van der Waals surface area contributed by atoms with E-state index in [4.69, 9.17) is 4.74 Å². The number of aromatic nitrogens is 1. The normalized spacial score (nSPS) is 10.1. The summed E-state index contributed by atoms with van der Waals surface area (Å²) in [7, 11) is 1.65. The smallest absolute Gasteiger partial charge is 0.142 e. The van der Waals surface area contributed by atoms with Gasteiger partial charge in [0.2, 0.25) is 0 Å². The third kappa shape index (κ3) is 2.77. The first-order valence-corrected chi connectivity index (χ1v) is 6.03. The second-order valence-corrected chi connectivity index (χ2v) is 4.44. The lowest BCUT2D eigenvalue weighted by Crippen LogP contribution is -1.97. The lowest BCUT2D eigenvalue weighted by atomic mass is 10.3. The molecule has 0 atom stereocenters. The summed E-state index contributed by atoms with van der Waals surface area (Å²) in [6, 6.07) is 11.6. The number of nitrogens with one attached hydrogen (secondary N) is 1. The van der Waals surface area contributed by atoms with Crippen LogP contribution in [0, 0.1) is 6.92 Å². The molecule has 2 rings (SSSR count). The van der Waals surface area contributed by atoms with Crippen molar-refractivity contribution in [3.05, 3.63) is 46.6 Å². The maximum absolute atomic E-state index is 5.27. The van der Waals surface area contributed by atoms with Crippen molar-refractivity contribution in [1.29, 1.82) is 0 Å². The zero-order valence-electron chi connectivity index (χ0n) is 9.70. The fourth-order valence-corrected chi connectivity index (χ4v) is 1.72. The van der Waals surface area contributed by atoms with E-state index in [1.807, 2.05) is 43.3 Å². The minimum Gasteiger partial charge on any atom is -0.495 e. The second-order valence-electron chi connectivity index (χ2n) is 3.59. The Labute approximate surface area is 109 Å². The van der Waals surface area contributed by atoms with E-state index in [0.717, 1.165) is 27.4 Å². The molecular weight excluding hydrogens is 280 g/mol. The lowest BCUT2D eigenvalue weighted by molar-refractivity contribution is 0.417. The largest absolute Gasteiger partial charge is 0.495 e. The summed E-state index contributed by atoms with van der Waals surface area (Å²) in [4.78, 5) is 4.43. The zero-order chi connectivity index (χ0) is 12.3. The molecule has 1 N–H and O–H groups in total. The Balaban J connectivity index is 2.28. The molecule has 88 valence electrons. The lowest BCUT2D eigenvalue weighted by Gasteiger charge is -2.10. The first-order valence-electron chi connectivity index (χ1n) is 5.24. The molecule has 0 aliphatic heterocycles. The molecule has 1 heterocycles. The van der Waals surface area contributed by atoms with Crippen LogP contribution in [0.3, 0.4) is 0 Å². The molecule has 2 aromatic rings.